The van der Waals surface area contributed by atoms with Gasteiger partial charge in [-0.25, -0.2) is 0 Å². The lowest BCUT2D eigenvalue weighted by Gasteiger charge is -2.19. The summed E-state index contributed by atoms with van der Waals surface area (Å²) in [4.78, 5) is 11.0. The Kier molecular flexibility index (Phi) is 3.90. The van der Waals surface area contributed by atoms with Gasteiger partial charge in [-0.15, -0.1) is 0 Å². The highest BCUT2D eigenvalue weighted by molar-refractivity contribution is 5.68. The molecule has 0 heterocycles. The molecule has 0 aromatic heterocycles. The lowest BCUT2D eigenvalue weighted by Crippen LogP contribution is -2.10. The largest absolute Gasteiger partial charge is 0.496 e. The molecule has 98 valence electrons. The van der Waals surface area contributed by atoms with Crippen molar-refractivity contribution < 1.29 is 14.6 Å². The molecule has 0 radical (unpaired) electrons. The number of carboxylic acids is 1. The van der Waals surface area contributed by atoms with Crippen LogP contribution in [0.2, 0.25) is 0 Å². The molecule has 0 saturated heterocycles. The molecule has 3 heteroatoms. The van der Waals surface area contributed by atoms with Crippen molar-refractivity contribution in [2.45, 2.75) is 38.5 Å². The highest BCUT2D eigenvalue weighted by atomic mass is 16.5. The van der Waals surface area contributed by atoms with Gasteiger partial charge in [0, 0.05) is 5.92 Å². The number of hydrogen-bond acceptors (Lipinski definition) is 2. The number of ether oxygens (including phenoxy) is 1. The number of benzene rings is 1. The molecule has 0 aliphatic heterocycles. The molecular weight excluding hydrogens is 228 g/mol. The lowest BCUT2D eigenvalue weighted by molar-refractivity contribution is -0.137. The lowest BCUT2D eigenvalue weighted by atomic mass is 9.89. The van der Waals surface area contributed by atoms with Crippen molar-refractivity contribution in [1.82, 2.24) is 0 Å². The Morgan fingerprint density at radius 2 is 2.22 bits per heavy atom. The summed E-state index contributed by atoms with van der Waals surface area (Å²) in [5.74, 6) is 0.715. The number of aliphatic carboxylic acids is 1. The molecule has 0 bridgehead atoms. The Labute approximate surface area is 108 Å². The zero-order valence-corrected chi connectivity index (χ0v) is 11.0. The highest BCUT2D eigenvalue weighted by Gasteiger charge is 2.35. The molecule has 3 nitrogen and oxygen atoms in total. The van der Waals surface area contributed by atoms with Crippen LogP contribution in [0.4, 0.5) is 0 Å². The van der Waals surface area contributed by atoms with Gasteiger partial charge in [0.25, 0.3) is 0 Å². The summed E-state index contributed by atoms with van der Waals surface area (Å²) in [6.07, 6.45) is 3.44. The van der Waals surface area contributed by atoms with Gasteiger partial charge in [0.2, 0.25) is 0 Å². The molecule has 1 fully saturated rings. The van der Waals surface area contributed by atoms with E-state index in [1.54, 1.807) is 7.11 Å². The van der Waals surface area contributed by atoms with Crippen LogP contribution in [0.1, 0.15) is 43.2 Å². The van der Waals surface area contributed by atoms with Gasteiger partial charge >= 0.3 is 5.97 Å². The number of aryl methyl sites for hydroxylation is 1. The number of rotatable bonds is 6. The number of methoxy groups -OCH3 is 1. The second-order valence-electron chi connectivity index (χ2n) is 4.97. The fourth-order valence-corrected chi connectivity index (χ4v) is 2.51. The van der Waals surface area contributed by atoms with Gasteiger partial charge in [-0.05, 0) is 42.4 Å². The topological polar surface area (TPSA) is 46.5 Å². The third-order valence-electron chi connectivity index (χ3n) is 3.69. The molecule has 1 aliphatic carbocycles. The summed E-state index contributed by atoms with van der Waals surface area (Å²) < 4.78 is 5.39. The van der Waals surface area contributed by atoms with Gasteiger partial charge in [-0.3, -0.25) is 4.79 Å². The first kappa shape index (κ1) is 12.9. The minimum atomic E-state index is -0.726. The number of carboxylic acid groups (broad SMARTS) is 1. The van der Waals surface area contributed by atoms with Gasteiger partial charge in [0.05, 0.1) is 13.5 Å². The maximum absolute atomic E-state index is 11.0. The molecule has 1 saturated carbocycles. The van der Waals surface area contributed by atoms with E-state index in [0.29, 0.717) is 5.92 Å². The van der Waals surface area contributed by atoms with Crippen LogP contribution in [0.5, 0.6) is 5.75 Å². The van der Waals surface area contributed by atoms with Crippen LogP contribution in [0.15, 0.2) is 18.2 Å². The molecule has 1 aliphatic rings. The first-order chi connectivity index (χ1) is 8.65. The van der Waals surface area contributed by atoms with E-state index in [2.05, 4.69) is 13.0 Å². The van der Waals surface area contributed by atoms with E-state index in [4.69, 9.17) is 9.84 Å². The molecule has 0 spiro atoms. The number of carbonyl (C=O) groups is 1. The molecule has 1 unspecified atom stereocenters. The fourth-order valence-electron chi connectivity index (χ4n) is 2.51. The monoisotopic (exact) mass is 248 g/mol. The Balaban J connectivity index is 2.34. The maximum atomic E-state index is 11.0. The van der Waals surface area contributed by atoms with Crippen molar-refractivity contribution in [2.75, 3.05) is 7.11 Å². The van der Waals surface area contributed by atoms with E-state index in [-0.39, 0.29) is 12.3 Å². The molecule has 1 atom stereocenters. The third kappa shape index (κ3) is 2.84. The van der Waals surface area contributed by atoms with Crippen LogP contribution < -0.4 is 4.74 Å². The van der Waals surface area contributed by atoms with E-state index in [0.717, 1.165) is 30.6 Å². The smallest absolute Gasteiger partial charge is 0.303 e. The Bertz CT molecular complexity index is 435. The van der Waals surface area contributed by atoms with Crippen molar-refractivity contribution in [3.05, 3.63) is 29.3 Å². The first-order valence-electron chi connectivity index (χ1n) is 6.54. The van der Waals surface area contributed by atoms with Gasteiger partial charge < -0.3 is 9.84 Å². The van der Waals surface area contributed by atoms with E-state index in [9.17, 15) is 4.79 Å². The average molecular weight is 248 g/mol. The normalized spacial score (nSPS) is 16.3. The van der Waals surface area contributed by atoms with E-state index in [1.807, 2.05) is 12.1 Å². The van der Waals surface area contributed by atoms with E-state index in [1.165, 1.54) is 5.56 Å². The predicted molar refractivity (Wildman–Crippen MR) is 70.1 cm³/mol. The van der Waals surface area contributed by atoms with Crippen molar-refractivity contribution in [1.29, 1.82) is 0 Å². The minimum Gasteiger partial charge on any atom is -0.496 e. The van der Waals surface area contributed by atoms with Gasteiger partial charge in [-0.2, -0.15) is 0 Å². The average Bonchev–Trinajstić information content (AvgIpc) is 3.19. The fraction of sp³-hybridized carbons (Fsp3) is 0.533. The van der Waals surface area contributed by atoms with Gasteiger partial charge in [0.15, 0.2) is 0 Å². The van der Waals surface area contributed by atoms with E-state index >= 15 is 0 Å². The van der Waals surface area contributed by atoms with E-state index < -0.39 is 5.97 Å². The Morgan fingerprint density at radius 3 is 2.72 bits per heavy atom. The Hall–Kier alpha value is -1.51. The molecule has 2 rings (SSSR count). The van der Waals surface area contributed by atoms with Crippen molar-refractivity contribution in [3.8, 4) is 5.75 Å². The SMILES string of the molecule is CCc1ccc(OC)c(C(CC(=O)O)C2CC2)c1. The Morgan fingerprint density at radius 1 is 1.50 bits per heavy atom. The molecule has 18 heavy (non-hydrogen) atoms. The molecule has 1 aromatic carbocycles. The molecular formula is C15H20O3. The number of hydrogen-bond donors (Lipinski definition) is 1. The summed E-state index contributed by atoms with van der Waals surface area (Å²) >= 11 is 0. The second kappa shape index (κ2) is 5.42. The maximum Gasteiger partial charge on any atom is 0.303 e. The zero-order valence-electron chi connectivity index (χ0n) is 11.0. The first-order valence-corrected chi connectivity index (χ1v) is 6.54. The van der Waals surface area contributed by atoms with Crippen LogP contribution in [-0.4, -0.2) is 18.2 Å². The van der Waals surface area contributed by atoms with Crippen LogP contribution in [0, 0.1) is 5.92 Å². The van der Waals surface area contributed by atoms with Crippen LogP contribution in [0.25, 0.3) is 0 Å². The summed E-state index contributed by atoms with van der Waals surface area (Å²) in [6, 6.07) is 6.13. The second-order valence-corrected chi connectivity index (χ2v) is 4.97. The van der Waals surface area contributed by atoms with Crippen molar-refractivity contribution in [2.24, 2.45) is 5.92 Å². The van der Waals surface area contributed by atoms with Gasteiger partial charge in [-0.1, -0.05) is 19.1 Å². The minimum absolute atomic E-state index is 0.101. The summed E-state index contributed by atoms with van der Waals surface area (Å²) in [7, 11) is 1.65. The highest BCUT2D eigenvalue weighted by Crippen LogP contribution is 2.47. The summed E-state index contributed by atoms with van der Waals surface area (Å²) in [5, 5.41) is 9.07. The van der Waals surface area contributed by atoms with Crippen LogP contribution in [-0.2, 0) is 11.2 Å². The predicted octanol–water partition coefficient (Wildman–Crippen LogP) is 3.23. The molecule has 1 N–H and O–H groups in total. The zero-order chi connectivity index (χ0) is 13.1. The molecule has 1 aromatic rings. The standard InChI is InChI=1S/C15H20O3/c1-3-10-4-7-14(18-2)13(8-10)12(9-15(16)17)11-5-6-11/h4,7-8,11-12H,3,5-6,9H2,1-2H3,(H,16,17). The summed E-state index contributed by atoms with van der Waals surface area (Å²) in [6.45, 7) is 2.11. The van der Waals surface area contributed by atoms with Crippen molar-refractivity contribution in [3.63, 3.8) is 0 Å². The quantitative estimate of drug-likeness (QED) is 0.840. The molecule has 0 amide bonds. The van der Waals surface area contributed by atoms with Crippen LogP contribution >= 0.6 is 0 Å². The third-order valence-corrected chi connectivity index (χ3v) is 3.69. The summed E-state index contributed by atoms with van der Waals surface area (Å²) in [5.41, 5.74) is 2.31. The van der Waals surface area contributed by atoms with Crippen LogP contribution in [0.3, 0.4) is 0 Å². The van der Waals surface area contributed by atoms with Gasteiger partial charge in [0.1, 0.15) is 5.75 Å². The van der Waals surface area contributed by atoms with Crippen molar-refractivity contribution >= 4 is 5.97 Å².